The second kappa shape index (κ2) is 8.96. The molecule has 1 amide bonds. The number of nitrogens with zero attached hydrogens (tertiary/aromatic N) is 3. The molecule has 0 saturated heterocycles. The van der Waals surface area contributed by atoms with E-state index in [1.807, 2.05) is 59.1 Å². The van der Waals surface area contributed by atoms with Crippen LogP contribution in [0.3, 0.4) is 0 Å². The predicted octanol–water partition coefficient (Wildman–Crippen LogP) is 4.66. The molecule has 3 aromatic heterocycles. The first-order valence-electron chi connectivity index (χ1n) is 11.3. The third-order valence-electron chi connectivity index (χ3n) is 5.98. The zero-order chi connectivity index (χ0) is 24.6. The second-order valence-electron chi connectivity index (χ2n) is 8.66. The average molecular weight is 485 g/mol. The molecule has 0 fully saturated rings. The maximum absolute atomic E-state index is 12.8. The Balaban J connectivity index is 1.33. The highest BCUT2D eigenvalue weighted by atomic mass is 32.2. The molecule has 0 saturated carbocycles. The molecule has 35 heavy (non-hydrogen) atoms. The van der Waals surface area contributed by atoms with E-state index in [0.29, 0.717) is 17.0 Å². The SMILES string of the molecule is CC(C)S(=O)(=O)c1ccc(-c2ccc3cc(C(=O)NCc4ccc5nccnc5c4)cn3c2)cc1. The van der Waals surface area contributed by atoms with Crippen LogP contribution in [0.15, 0.2) is 90.3 Å². The number of carbonyl (C=O) groups is 1. The van der Waals surface area contributed by atoms with Gasteiger partial charge in [0.15, 0.2) is 9.84 Å². The molecule has 7 nitrogen and oxygen atoms in total. The third kappa shape index (κ3) is 4.52. The molecule has 0 bridgehead atoms. The smallest absolute Gasteiger partial charge is 0.253 e. The molecular weight excluding hydrogens is 460 g/mol. The molecule has 0 unspecified atom stereocenters. The highest BCUT2D eigenvalue weighted by Crippen LogP contribution is 2.24. The van der Waals surface area contributed by atoms with E-state index in [-0.39, 0.29) is 5.91 Å². The zero-order valence-corrected chi connectivity index (χ0v) is 20.2. The van der Waals surface area contributed by atoms with Crippen molar-refractivity contribution in [1.82, 2.24) is 19.7 Å². The lowest BCUT2D eigenvalue weighted by molar-refractivity contribution is 0.0951. The van der Waals surface area contributed by atoms with Crippen molar-refractivity contribution in [2.75, 3.05) is 0 Å². The van der Waals surface area contributed by atoms with Crippen LogP contribution in [0.2, 0.25) is 0 Å². The van der Waals surface area contributed by atoms with E-state index in [2.05, 4.69) is 15.3 Å². The molecule has 0 spiro atoms. The summed E-state index contributed by atoms with van der Waals surface area (Å²) in [4.78, 5) is 21.7. The van der Waals surface area contributed by atoms with Gasteiger partial charge in [-0.05, 0) is 66.9 Å². The van der Waals surface area contributed by atoms with Crippen LogP contribution in [0.5, 0.6) is 0 Å². The molecule has 3 heterocycles. The van der Waals surface area contributed by atoms with E-state index >= 15 is 0 Å². The molecule has 0 atom stereocenters. The summed E-state index contributed by atoms with van der Waals surface area (Å²) < 4.78 is 26.6. The molecule has 8 heteroatoms. The molecule has 0 aliphatic carbocycles. The number of carbonyl (C=O) groups excluding carboxylic acids is 1. The van der Waals surface area contributed by atoms with Gasteiger partial charge in [-0.3, -0.25) is 14.8 Å². The largest absolute Gasteiger partial charge is 0.348 e. The summed E-state index contributed by atoms with van der Waals surface area (Å²) >= 11 is 0. The van der Waals surface area contributed by atoms with Crippen molar-refractivity contribution < 1.29 is 13.2 Å². The zero-order valence-electron chi connectivity index (χ0n) is 19.3. The van der Waals surface area contributed by atoms with Crippen molar-refractivity contribution in [2.24, 2.45) is 0 Å². The first kappa shape index (κ1) is 22.7. The van der Waals surface area contributed by atoms with Crippen LogP contribution >= 0.6 is 0 Å². The molecular formula is C27H24N4O3S. The predicted molar refractivity (Wildman–Crippen MR) is 136 cm³/mol. The molecule has 0 aliphatic heterocycles. The van der Waals surface area contributed by atoms with Gasteiger partial charge in [0.1, 0.15) is 0 Å². The number of benzene rings is 2. The van der Waals surface area contributed by atoms with Gasteiger partial charge in [0.2, 0.25) is 0 Å². The van der Waals surface area contributed by atoms with E-state index in [0.717, 1.165) is 33.2 Å². The average Bonchev–Trinajstić information content (AvgIpc) is 3.31. The van der Waals surface area contributed by atoms with Gasteiger partial charge in [0.25, 0.3) is 5.91 Å². The fraction of sp³-hybridized carbons (Fsp3) is 0.148. The van der Waals surface area contributed by atoms with Crippen molar-refractivity contribution in [3.8, 4) is 11.1 Å². The highest BCUT2D eigenvalue weighted by Gasteiger charge is 2.19. The molecule has 0 radical (unpaired) electrons. The minimum Gasteiger partial charge on any atom is -0.348 e. The minimum absolute atomic E-state index is 0.169. The van der Waals surface area contributed by atoms with Gasteiger partial charge in [-0.2, -0.15) is 0 Å². The summed E-state index contributed by atoms with van der Waals surface area (Å²) in [7, 11) is -3.31. The van der Waals surface area contributed by atoms with Crippen LogP contribution in [-0.2, 0) is 16.4 Å². The number of amides is 1. The second-order valence-corrected chi connectivity index (χ2v) is 11.2. The number of nitrogens with one attached hydrogen (secondary N) is 1. The standard InChI is InChI=1S/C27H24N4O3S/c1-18(2)35(33,34)24-8-5-20(6-9-24)21-4-7-23-14-22(17-31(23)16-21)27(32)30-15-19-3-10-25-26(13-19)29-12-11-28-25/h3-14,16-18H,15H2,1-2H3,(H,30,32). The molecule has 2 aromatic carbocycles. The molecule has 0 aliphatic rings. The van der Waals surface area contributed by atoms with Crippen LogP contribution in [0.25, 0.3) is 27.7 Å². The van der Waals surface area contributed by atoms with Crippen LogP contribution in [0.4, 0.5) is 0 Å². The van der Waals surface area contributed by atoms with Gasteiger partial charge in [-0.15, -0.1) is 0 Å². The number of aromatic nitrogens is 3. The van der Waals surface area contributed by atoms with E-state index < -0.39 is 15.1 Å². The maximum Gasteiger partial charge on any atom is 0.253 e. The number of fused-ring (bicyclic) bond motifs is 2. The quantitative estimate of drug-likeness (QED) is 0.378. The first-order valence-corrected chi connectivity index (χ1v) is 12.8. The Morgan fingerprint density at radius 2 is 1.60 bits per heavy atom. The molecule has 1 N–H and O–H groups in total. The third-order valence-corrected chi connectivity index (χ3v) is 8.15. The number of pyridine rings is 1. The number of rotatable bonds is 6. The maximum atomic E-state index is 12.8. The van der Waals surface area contributed by atoms with E-state index in [1.165, 1.54) is 0 Å². The summed E-state index contributed by atoms with van der Waals surface area (Å²) in [6.45, 7) is 3.73. The number of hydrogen-bond donors (Lipinski definition) is 1. The van der Waals surface area contributed by atoms with Crippen molar-refractivity contribution in [2.45, 2.75) is 30.5 Å². The topological polar surface area (TPSA) is 93.4 Å². The van der Waals surface area contributed by atoms with Crippen LogP contribution < -0.4 is 5.32 Å². The van der Waals surface area contributed by atoms with Crippen molar-refractivity contribution >= 4 is 32.3 Å². The molecule has 5 rings (SSSR count). The van der Waals surface area contributed by atoms with Crippen molar-refractivity contribution in [1.29, 1.82) is 0 Å². The van der Waals surface area contributed by atoms with Crippen molar-refractivity contribution in [3.05, 3.63) is 96.6 Å². The number of hydrogen-bond acceptors (Lipinski definition) is 5. The van der Waals surface area contributed by atoms with Gasteiger partial charge in [0, 0.05) is 36.8 Å². The summed E-state index contributed by atoms with van der Waals surface area (Å²) in [6.07, 6.45) is 7.02. The Morgan fingerprint density at radius 1 is 0.886 bits per heavy atom. The summed E-state index contributed by atoms with van der Waals surface area (Å²) in [5.74, 6) is -0.169. The van der Waals surface area contributed by atoms with E-state index in [1.54, 1.807) is 44.6 Å². The summed E-state index contributed by atoms with van der Waals surface area (Å²) in [6, 6.07) is 18.4. The number of sulfone groups is 1. The van der Waals surface area contributed by atoms with Crippen molar-refractivity contribution in [3.63, 3.8) is 0 Å². The van der Waals surface area contributed by atoms with Gasteiger partial charge in [-0.1, -0.05) is 24.3 Å². The van der Waals surface area contributed by atoms with Gasteiger partial charge in [0.05, 0.1) is 26.7 Å². The van der Waals surface area contributed by atoms with Crippen LogP contribution in [-0.4, -0.2) is 33.9 Å². The van der Waals surface area contributed by atoms with Crippen LogP contribution in [0.1, 0.15) is 29.8 Å². The van der Waals surface area contributed by atoms with Crippen LogP contribution in [0, 0.1) is 0 Å². The van der Waals surface area contributed by atoms with E-state index in [9.17, 15) is 13.2 Å². The Labute approximate surface area is 203 Å². The van der Waals surface area contributed by atoms with Gasteiger partial charge in [-0.25, -0.2) is 8.42 Å². The fourth-order valence-electron chi connectivity index (χ4n) is 3.92. The fourth-order valence-corrected chi connectivity index (χ4v) is 4.98. The summed E-state index contributed by atoms with van der Waals surface area (Å²) in [5.41, 5.74) is 5.81. The van der Waals surface area contributed by atoms with Gasteiger partial charge >= 0.3 is 0 Å². The van der Waals surface area contributed by atoms with E-state index in [4.69, 9.17) is 0 Å². The molecule has 176 valence electrons. The Hall–Kier alpha value is -4.04. The Morgan fingerprint density at radius 3 is 2.34 bits per heavy atom. The van der Waals surface area contributed by atoms with Gasteiger partial charge < -0.3 is 9.72 Å². The minimum atomic E-state index is -3.31. The highest BCUT2D eigenvalue weighted by molar-refractivity contribution is 7.92. The lowest BCUT2D eigenvalue weighted by Gasteiger charge is -2.09. The summed E-state index contributed by atoms with van der Waals surface area (Å²) in [5, 5.41) is 2.49. The Kier molecular flexibility index (Phi) is 5.82. The normalized spacial score (nSPS) is 11.9. The lowest BCUT2D eigenvalue weighted by Crippen LogP contribution is -2.22. The Bertz CT molecular complexity index is 1660. The first-order chi connectivity index (χ1) is 16.8. The monoisotopic (exact) mass is 484 g/mol. The molecule has 5 aromatic rings. The lowest BCUT2D eigenvalue weighted by atomic mass is 10.1.